The monoisotopic (exact) mass is 214 g/mol. The van der Waals surface area contributed by atoms with Crippen molar-refractivity contribution in [2.45, 2.75) is 6.92 Å². The van der Waals surface area contributed by atoms with Gasteiger partial charge in [0.2, 0.25) is 5.88 Å². The summed E-state index contributed by atoms with van der Waals surface area (Å²) in [5, 5.41) is 0. The van der Waals surface area contributed by atoms with Crippen LogP contribution in [-0.2, 0) is 0 Å². The number of aromatic nitrogens is 1. The second-order valence-corrected chi connectivity index (χ2v) is 3.66. The van der Waals surface area contributed by atoms with Crippen LogP contribution >= 0.6 is 0 Å². The highest BCUT2D eigenvalue weighted by Gasteiger charge is 2.02. The van der Waals surface area contributed by atoms with Crippen LogP contribution in [0.2, 0.25) is 0 Å². The van der Waals surface area contributed by atoms with Crippen LogP contribution in [0.15, 0.2) is 36.5 Å². The second-order valence-electron chi connectivity index (χ2n) is 3.66. The molecule has 0 fully saturated rings. The molecule has 0 radical (unpaired) electrons. The standard InChI is InChI=1S/C13H14N2O/c1-9-7-11(14)4-5-12(9)10-3-6-13(16-2)15-8-10/h3-8H,14H2,1-2H3. The van der Waals surface area contributed by atoms with E-state index in [0.29, 0.717) is 5.88 Å². The number of ether oxygens (including phenoxy) is 1. The largest absolute Gasteiger partial charge is 0.481 e. The fourth-order valence-corrected chi connectivity index (χ4v) is 1.67. The average Bonchev–Trinajstić information content (AvgIpc) is 2.29. The smallest absolute Gasteiger partial charge is 0.212 e. The first-order valence-corrected chi connectivity index (χ1v) is 5.07. The molecule has 0 aliphatic carbocycles. The highest BCUT2D eigenvalue weighted by Crippen LogP contribution is 2.25. The molecule has 2 N–H and O–H groups in total. The molecule has 0 atom stereocenters. The van der Waals surface area contributed by atoms with E-state index in [0.717, 1.165) is 22.4 Å². The summed E-state index contributed by atoms with van der Waals surface area (Å²) >= 11 is 0. The van der Waals surface area contributed by atoms with Crippen molar-refractivity contribution < 1.29 is 4.74 Å². The Balaban J connectivity index is 2.42. The van der Waals surface area contributed by atoms with Crippen molar-refractivity contribution in [3.8, 4) is 17.0 Å². The molecule has 2 aromatic rings. The van der Waals surface area contributed by atoms with Gasteiger partial charge in [0.15, 0.2) is 0 Å². The fourth-order valence-electron chi connectivity index (χ4n) is 1.67. The average molecular weight is 214 g/mol. The molecule has 16 heavy (non-hydrogen) atoms. The zero-order chi connectivity index (χ0) is 11.5. The van der Waals surface area contributed by atoms with E-state index < -0.39 is 0 Å². The van der Waals surface area contributed by atoms with Gasteiger partial charge in [0.05, 0.1) is 7.11 Å². The van der Waals surface area contributed by atoms with Crippen LogP contribution < -0.4 is 10.5 Å². The van der Waals surface area contributed by atoms with E-state index in [4.69, 9.17) is 10.5 Å². The maximum Gasteiger partial charge on any atom is 0.212 e. The molecule has 2 rings (SSSR count). The van der Waals surface area contributed by atoms with Crippen molar-refractivity contribution in [3.05, 3.63) is 42.1 Å². The van der Waals surface area contributed by atoms with E-state index in [-0.39, 0.29) is 0 Å². The Morgan fingerprint density at radius 2 is 2.00 bits per heavy atom. The van der Waals surface area contributed by atoms with Crippen LogP contribution in [0.1, 0.15) is 5.56 Å². The molecule has 0 saturated heterocycles. The first-order valence-electron chi connectivity index (χ1n) is 5.07. The Hall–Kier alpha value is -2.03. The van der Waals surface area contributed by atoms with Gasteiger partial charge in [0.25, 0.3) is 0 Å². The summed E-state index contributed by atoms with van der Waals surface area (Å²) in [4.78, 5) is 4.18. The summed E-state index contributed by atoms with van der Waals surface area (Å²) in [7, 11) is 1.61. The summed E-state index contributed by atoms with van der Waals surface area (Å²) in [6.07, 6.45) is 1.80. The van der Waals surface area contributed by atoms with Crippen molar-refractivity contribution in [2.75, 3.05) is 12.8 Å². The predicted molar refractivity (Wildman–Crippen MR) is 65.4 cm³/mol. The van der Waals surface area contributed by atoms with E-state index in [1.54, 1.807) is 13.3 Å². The molecule has 3 nitrogen and oxygen atoms in total. The van der Waals surface area contributed by atoms with Crippen LogP contribution in [0.3, 0.4) is 0 Å². The number of aryl methyl sites for hydroxylation is 1. The summed E-state index contributed by atoms with van der Waals surface area (Å²) in [5.41, 5.74) is 9.85. The van der Waals surface area contributed by atoms with E-state index in [9.17, 15) is 0 Å². The molecule has 1 aromatic carbocycles. The SMILES string of the molecule is COc1ccc(-c2ccc(N)cc2C)cn1. The van der Waals surface area contributed by atoms with E-state index in [1.807, 2.05) is 37.3 Å². The molecular formula is C13H14N2O. The molecule has 0 aliphatic heterocycles. The number of benzene rings is 1. The summed E-state index contributed by atoms with van der Waals surface area (Å²) < 4.78 is 5.02. The third kappa shape index (κ3) is 1.98. The molecule has 82 valence electrons. The lowest BCUT2D eigenvalue weighted by Crippen LogP contribution is -1.90. The lowest BCUT2D eigenvalue weighted by molar-refractivity contribution is 0.398. The number of nitrogens with two attached hydrogens (primary N) is 1. The third-order valence-corrected chi connectivity index (χ3v) is 2.51. The zero-order valence-corrected chi connectivity index (χ0v) is 9.40. The number of anilines is 1. The van der Waals surface area contributed by atoms with E-state index in [1.165, 1.54) is 0 Å². The molecule has 1 aromatic heterocycles. The fraction of sp³-hybridized carbons (Fsp3) is 0.154. The van der Waals surface area contributed by atoms with Gasteiger partial charge in [-0.25, -0.2) is 4.98 Å². The topological polar surface area (TPSA) is 48.1 Å². The number of hydrogen-bond acceptors (Lipinski definition) is 3. The van der Waals surface area contributed by atoms with Crippen molar-refractivity contribution in [1.82, 2.24) is 4.98 Å². The Kier molecular flexibility index (Phi) is 2.77. The van der Waals surface area contributed by atoms with Gasteiger partial charge in [-0.3, -0.25) is 0 Å². The highest BCUT2D eigenvalue weighted by molar-refractivity contribution is 5.69. The number of methoxy groups -OCH3 is 1. The van der Waals surface area contributed by atoms with Gasteiger partial charge < -0.3 is 10.5 Å². The van der Waals surface area contributed by atoms with E-state index in [2.05, 4.69) is 4.98 Å². The van der Waals surface area contributed by atoms with Crippen molar-refractivity contribution >= 4 is 5.69 Å². The molecule has 3 heteroatoms. The molecule has 0 saturated carbocycles. The Bertz CT molecular complexity index is 492. The molecule has 0 spiro atoms. The second kappa shape index (κ2) is 4.23. The minimum Gasteiger partial charge on any atom is -0.481 e. The number of nitrogen functional groups attached to an aromatic ring is 1. The van der Waals surface area contributed by atoms with Crippen LogP contribution in [0.5, 0.6) is 5.88 Å². The van der Waals surface area contributed by atoms with E-state index >= 15 is 0 Å². The van der Waals surface area contributed by atoms with Crippen molar-refractivity contribution in [3.63, 3.8) is 0 Å². The van der Waals surface area contributed by atoms with Gasteiger partial charge in [0.1, 0.15) is 0 Å². The minimum absolute atomic E-state index is 0.622. The number of pyridine rings is 1. The Morgan fingerprint density at radius 3 is 2.56 bits per heavy atom. The highest BCUT2D eigenvalue weighted by atomic mass is 16.5. The number of hydrogen-bond donors (Lipinski definition) is 1. The lowest BCUT2D eigenvalue weighted by atomic mass is 10.0. The van der Waals surface area contributed by atoms with Gasteiger partial charge in [-0.15, -0.1) is 0 Å². The summed E-state index contributed by atoms with van der Waals surface area (Å²) in [5.74, 6) is 0.622. The Morgan fingerprint density at radius 1 is 1.19 bits per heavy atom. The van der Waals surface area contributed by atoms with Crippen LogP contribution in [0, 0.1) is 6.92 Å². The summed E-state index contributed by atoms with van der Waals surface area (Å²) in [6.45, 7) is 2.04. The first-order chi connectivity index (χ1) is 7.70. The normalized spacial score (nSPS) is 10.1. The summed E-state index contributed by atoms with van der Waals surface area (Å²) in [6, 6.07) is 9.70. The van der Waals surface area contributed by atoms with Gasteiger partial charge >= 0.3 is 0 Å². The third-order valence-electron chi connectivity index (χ3n) is 2.51. The maximum absolute atomic E-state index is 5.72. The zero-order valence-electron chi connectivity index (χ0n) is 9.40. The molecular weight excluding hydrogens is 200 g/mol. The van der Waals surface area contributed by atoms with Crippen LogP contribution in [0.25, 0.3) is 11.1 Å². The first kappa shape index (κ1) is 10.5. The quantitative estimate of drug-likeness (QED) is 0.782. The molecule has 0 amide bonds. The van der Waals surface area contributed by atoms with Crippen molar-refractivity contribution in [1.29, 1.82) is 0 Å². The minimum atomic E-state index is 0.622. The molecule has 1 heterocycles. The van der Waals surface area contributed by atoms with Crippen molar-refractivity contribution in [2.24, 2.45) is 0 Å². The van der Waals surface area contributed by atoms with Crippen LogP contribution in [0.4, 0.5) is 5.69 Å². The maximum atomic E-state index is 5.72. The van der Waals surface area contributed by atoms with Gasteiger partial charge in [-0.2, -0.15) is 0 Å². The molecule has 0 aliphatic rings. The molecule has 0 bridgehead atoms. The van der Waals surface area contributed by atoms with Crippen LogP contribution in [-0.4, -0.2) is 12.1 Å². The van der Waals surface area contributed by atoms with Gasteiger partial charge in [-0.05, 0) is 36.2 Å². The number of nitrogens with zero attached hydrogens (tertiary/aromatic N) is 1. The molecule has 0 unspecified atom stereocenters. The number of rotatable bonds is 2. The lowest BCUT2D eigenvalue weighted by Gasteiger charge is -2.07. The van der Waals surface area contributed by atoms with Gasteiger partial charge in [-0.1, -0.05) is 6.07 Å². The predicted octanol–water partition coefficient (Wildman–Crippen LogP) is 2.65. The van der Waals surface area contributed by atoms with Gasteiger partial charge in [0, 0.05) is 23.5 Å². The Labute approximate surface area is 94.9 Å².